The summed E-state index contributed by atoms with van der Waals surface area (Å²) in [5, 5.41) is 5.85. The van der Waals surface area contributed by atoms with E-state index in [1.807, 2.05) is 39.1 Å². The summed E-state index contributed by atoms with van der Waals surface area (Å²) in [6.07, 6.45) is 3.07. The Balaban J connectivity index is 1.57. The van der Waals surface area contributed by atoms with Gasteiger partial charge in [-0.25, -0.2) is 4.98 Å². The van der Waals surface area contributed by atoms with E-state index in [1.54, 1.807) is 0 Å². The first-order chi connectivity index (χ1) is 13.0. The van der Waals surface area contributed by atoms with Gasteiger partial charge in [0.15, 0.2) is 0 Å². The molecule has 1 atom stereocenters. The SMILES string of the molecule is CC(C)C(=O)Nc1ccc2c(c1)nc(CCCNC(=O)C1CCCO1)n2C. The van der Waals surface area contributed by atoms with Crippen LogP contribution in [0.25, 0.3) is 11.0 Å². The fourth-order valence-electron chi connectivity index (χ4n) is 3.19. The van der Waals surface area contributed by atoms with Gasteiger partial charge in [-0.05, 0) is 37.5 Å². The number of rotatable bonds is 7. The van der Waals surface area contributed by atoms with Crippen molar-refractivity contribution in [3.05, 3.63) is 24.0 Å². The van der Waals surface area contributed by atoms with E-state index in [-0.39, 0.29) is 23.8 Å². The van der Waals surface area contributed by atoms with E-state index in [9.17, 15) is 9.59 Å². The largest absolute Gasteiger partial charge is 0.368 e. The Morgan fingerprint density at radius 2 is 2.19 bits per heavy atom. The maximum Gasteiger partial charge on any atom is 0.249 e. The van der Waals surface area contributed by atoms with Crippen molar-refractivity contribution in [3.8, 4) is 0 Å². The van der Waals surface area contributed by atoms with Crippen LogP contribution >= 0.6 is 0 Å². The highest BCUT2D eigenvalue weighted by molar-refractivity contribution is 5.94. The third-order valence-electron chi connectivity index (χ3n) is 4.86. The second kappa shape index (κ2) is 8.52. The van der Waals surface area contributed by atoms with Gasteiger partial charge < -0.3 is 19.9 Å². The first-order valence-electron chi connectivity index (χ1n) is 9.61. The highest BCUT2D eigenvalue weighted by Crippen LogP contribution is 2.21. The molecule has 2 amide bonds. The Morgan fingerprint density at radius 1 is 1.37 bits per heavy atom. The van der Waals surface area contributed by atoms with Crippen LogP contribution < -0.4 is 10.6 Å². The molecule has 2 N–H and O–H groups in total. The fourth-order valence-corrected chi connectivity index (χ4v) is 3.19. The number of aromatic nitrogens is 2. The second-order valence-corrected chi connectivity index (χ2v) is 7.33. The molecule has 0 saturated carbocycles. The number of carbonyl (C=O) groups excluding carboxylic acids is 2. The third-order valence-corrected chi connectivity index (χ3v) is 4.86. The van der Waals surface area contributed by atoms with Crippen LogP contribution in [0.2, 0.25) is 0 Å². The molecule has 1 fully saturated rings. The molecule has 1 aliphatic heterocycles. The summed E-state index contributed by atoms with van der Waals surface area (Å²) in [5.74, 6) is 0.879. The van der Waals surface area contributed by atoms with E-state index >= 15 is 0 Å². The van der Waals surface area contributed by atoms with Gasteiger partial charge in [-0.15, -0.1) is 0 Å². The number of carbonyl (C=O) groups is 2. The van der Waals surface area contributed by atoms with Gasteiger partial charge in [0.1, 0.15) is 11.9 Å². The summed E-state index contributed by atoms with van der Waals surface area (Å²) in [5.41, 5.74) is 2.64. The first-order valence-corrected chi connectivity index (χ1v) is 9.61. The Kier molecular flexibility index (Phi) is 6.11. The number of hydrogen-bond donors (Lipinski definition) is 2. The summed E-state index contributed by atoms with van der Waals surface area (Å²) in [4.78, 5) is 28.5. The lowest BCUT2D eigenvalue weighted by molar-refractivity contribution is -0.130. The van der Waals surface area contributed by atoms with E-state index in [0.29, 0.717) is 13.2 Å². The van der Waals surface area contributed by atoms with E-state index in [4.69, 9.17) is 9.72 Å². The molecule has 2 heterocycles. The molecule has 1 saturated heterocycles. The zero-order valence-corrected chi connectivity index (χ0v) is 16.2. The van der Waals surface area contributed by atoms with Crippen molar-refractivity contribution in [1.82, 2.24) is 14.9 Å². The quantitative estimate of drug-likeness (QED) is 0.731. The topological polar surface area (TPSA) is 85.2 Å². The molecule has 0 spiro atoms. The fraction of sp³-hybridized carbons (Fsp3) is 0.550. The zero-order valence-electron chi connectivity index (χ0n) is 16.2. The van der Waals surface area contributed by atoms with Crippen molar-refractivity contribution in [2.45, 2.75) is 45.6 Å². The lowest BCUT2D eigenvalue weighted by atomic mass is 10.2. The molecule has 0 radical (unpaired) electrons. The van der Waals surface area contributed by atoms with Crippen LogP contribution in [0.5, 0.6) is 0 Å². The molecule has 146 valence electrons. The van der Waals surface area contributed by atoms with Crippen molar-refractivity contribution >= 4 is 28.5 Å². The van der Waals surface area contributed by atoms with Gasteiger partial charge in [0.05, 0.1) is 11.0 Å². The molecule has 0 aliphatic carbocycles. The van der Waals surface area contributed by atoms with Crippen molar-refractivity contribution in [3.63, 3.8) is 0 Å². The Hall–Kier alpha value is -2.41. The highest BCUT2D eigenvalue weighted by Gasteiger charge is 2.22. The van der Waals surface area contributed by atoms with Crippen molar-refractivity contribution in [1.29, 1.82) is 0 Å². The smallest absolute Gasteiger partial charge is 0.249 e. The molecule has 1 unspecified atom stereocenters. The maximum absolute atomic E-state index is 11.9. The van der Waals surface area contributed by atoms with Crippen molar-refractivity contribution in [2.75, 3.05) is 18.5 Å². The Morgan fingerprint density at radius 3 is 2.89 bits per heavy atom. The molecule has 7 heteroatoms. The summed E-state index contributed by atoms with van der Waals surface area (Å²) in [7, 11) is 1.99. The molecule has 1 aliphatic rings. The molecule has 1 aromatic heterocycles. The number of imidazole rings is 1. The standard InChI is InChI=1S/C20H28N4O3/c1-13(2)19(25)22-14-8-9-16-15(12-14)23-18(24(16)3)7-4-10-21-20(26)17-6-5-11-27-17/h8-9,12-13,17H,4-7,10-11H2,1-3H3,(H,21,26)(H,22,25). The third kappa shape index (κ3) is 4.66. The molecule has 7 nitrogen and oxygen atoms in total. The van der Waals surface area contributed by atoms with Crippen LogP contribution in [0.4, 0.5) is 5.69 Å². The molecule has 3 rings (SSSR count). The predicted molar refractivity (Wildman–Crippen MR) is 104 cm³/mol. The molecule has 2 aromatic rings. The molecular weight excluding hydrogens is 344 g/mol. The van der Waals surface area contributed by atoms with Gasteiger partial charge in [0.2, 0.25) is 11.8 Å². The monoisotopic (exact) mass is 372 g/mol. The Labute approximate surface area is 159 Å². The van der Waals surface area contributed by atoms with Crippen molar-refractivity contribution < 1.29 is 14.3 Å². The molecule has 27 heavy (non-hydrogen) atoms. The van der Waals surface area contributed by atoms with E-state index in [2.05, 4.69) is 15.2 Å². The number of nitrogens with zero attached hydrogens (tertiary/aromatic N) is 2. The van der Waals surface area contributed by atoms with Gasteiger partial charge in [0.25, 0.3) is 0 Å². The predicted octanol–water partition coefficient (Wildman–Crippen LogP) is 2.40. The average molecular weight is 372 g/mol. The van der Waals surface area contributed by atoms with Gasteiger partial charge in [-0.2, -0.15) is 0 Å². The highest BCUT2D eigenvalue weighted by atomic mass is 16.5. The average Bonchev–Trinajstić information content (AvgIpc) is 3.27. The van der Waals surface area contributed by atoms with Crippen LogP contribution in [-0.2, 0) is 27.8 Å². The van der Waals surface area contributed by atoms with E-state index in [0.717, 1.165) is 48.2 Å². The van der Waals surface area contributed by atoms with Crippen molar-refractivity contribution in [2.24, 2.45) is 13.0 Å². The second-order valence-electron chi connectivity index (χ2n) is 7.33. The number of nitrogens with one attached hydrogen (secondary N) is 2. The van der Waals surface area contributed by atoms with Gasteiger partial charge in [-0.3, -0.25) is 9.59 Å². The molecule has 0 bridgehead atoms. The summed E-state index contributed by atoms with van der Waals surface area (Å²) in [6, 6.07) is 5.77. The molecule has 1 aromatic carbocycles. The van der Waals surface area contributed by atoms with Crippen LogP contribution in [0, 0.1) is 5.92 Å². The van der Waals surface area contributed by atoms with E-state index < -0.39 is 0 Å². The number of anilines is 1. The minimum Gasteiger partial charge on any atom is -0.368 e. The zero-order chi connectivity index (χ0) is 19.4. The summed E-state index contributed by atoms with van der Waals surface area (Å²) in [6.45, 7) is 5.02. The van der Waals surface area contributed by atoms with Gasteiger partial charge >= 0.3 is 0 Å². The lowest BCUT2D eigenvalue weighted by Crippen LogP contribution is -2.34. The first kappa shape index (κ1) is 19.4. The Bertz CT molecular complexity index is 822. The van der Waals surface area contributed by atoms with Crippen LogP contribution in [0.1, 0.15) is 38.9 Å². The number of fused-ring (bicyclic) bond motifs is 1. The number of ether oxygens (including phenoxy) is 1. The number of amides is 2. The minimum atomic E-state index is -0.278. The van der Waals surface area contributed by atoms with Gasteiger partial charge in [0, 0.05) is 38.2 Å². The number of benzene rings is 1. The number of aryl methyl sites for hydroxylation is 2. The normalized spacial score (nSPS) is 16.8. The number of hydrogen-bond acceptors (Lipinski definition) is 4. The van der Waals surface area contributed by atoms with Crippen LogP contribution in [-0.4, -0.2) is 40.6 Å². The van der Waals surface area contributed by atoms with E-state index in [1.165, 1.54) is 0 Å². The van der Waals surface area contributed by atoms with Crippen LogP contribution in [0.3, 0.4) is 0 Å². The maximum atomic E-state index is 11.9. The minimum absolute atomic E-state index is 0.00696. The van der Waals surface area contributed by atoms with Crippen LogP contribution in [0.15, 0.2) is 18.2 Å². The van der Waals surface area contributed by atoms with Gasteiger partial charge in [-0.1, -0.05) is 13.8 Å². The lowest BCUT2D eigenvalue weighted by Gasteiger charge is -2.10. The summed E-state index contributed by atoms with van der Waals surface area (Å²) < 4.78 is 7.44. The molecular formula is C20H28N4O3. The summed E-state index contributed by atoms with van der Waals surface area (Å²) >= 11 is 0.